The van der Waals surface area contributed by atoms with E-state index in [1.54, 1.807) is 24.5 Å². The molecule has 0 bridgehead atoms. The number of aromatic nitrogens is 2. The number of anilines is 2. The van der Waals surface area contributed by atoms with E-state index in [1.807, 2.05) is 13.8 Å². The molecule has 0 unspecified atom stereocenters. The van der Waals surface area contributed by atoms with E-state index >= 15 is 0 Å². The summed E-state index contributed by atoms with van der Waals surface area (Å²) in [7, 11) is 0. The Bertz CT molecular complexity index is 1100. The van der Waals surface area contributed by atoms with Crippen LogP contribution in [0.25, 0.3) is 16.8 Å². The van der Waals surface area contributed by atoms with E-state index in [9.17, 15) is 13.6 Å². The van der Waals surface area contributed by atoms with Crippen LogP contribution < -0.4 is 10.6 Å². The number of amides is 1. The van der Waals surface area contributed by atoms with Gasteiger partial charge >= 0.3 is 0 Å². The molecule has 0 aliphatic rings. The Kier molecular flexibility index (Phi) is 6.51. The first kappa shape index (κ1) is 21.1. The van der Waals surface area contributed by atoms with Crippen molar-refractivity contribution in [2.24, 2.45) is 0 Å². The van der Waals surface area contributed by atoms with E-state index in [-0.39, 0.29) is 17.2 Å². The average Bonchev–Trinajstić information content (AvgIpc) is 2.74. The fourth-order valence-electron chi connectivity index (χ4n) is 2.90. The third kappa shape index (κ3) is 4.68. The van der Waals surface area contributed by atoms with Gasteiger partial charge in [-0.2, -0.15) is 0 Å². The van der Waals surface area contributed by atoms with Crippen LogP contribution >= 0.6 is 0 Å². The first-order valence-electron chi connectivity index (χ1n) is 9.51. The van der Waals surface area contributed by atoms with Crippen LogP contribution in [0, 0.1) is 11.6 Å². The maximum Gasteiger partial charge on any atom is 0.254 e. The molecule has 0 fully saturated rings. The summed E-state index contributed by atoms with van der Waals surface area (Å²) in [5.74, 6) is -1.40. The maximum absolute atomic E-state index is 14.3. The molecule has 1 amide bonds. The van der Waals surface area contributed by atoms with Gasteiger partial charge in [0, 0.05) is 41.9 Å². The van der Waals surface area contributed by atoms with Crippen molar-refractivity contribution in [3.05, 3.63) is 78.3 Å². The second kappa shape index (κ2) is 9.26. The minimum Gasteiger partial charge on any atom is -0.354 e. The van der Waals surface area contributed by atoms with Crippen molar-refractivity contribution < 1.29 is 13.6 Å². The smallest absolute Gasteiger partial charge is 0.254 e. The molecule has 0 saturated heterocycles. The quantitative estimate of drug-likeness (QED) is 0.554. The van der Waals surface area contributed by atoms with Crippen molar-refractivity contribution in [1.29, 1.82) is 0 Å². The molecule has 154 valence electrons. The first-order valence-corrected chi connectivity index (χ1v) is 9.51. The van der Waals surface area contributed by atoms with Crippen molar-refractivity contribution in [3.8, 4) is 11.3 Å². The van der Waals surface area contributed by atoms with Gasteiger partial charge in [0.25, 0.3) is 5.91 Å². The molecule has 1 aromatic carbocycles. The molecule has 0 aliphatic carbocycles. The largest absolute Gasteiger partial charge is 0.354 e. The highest BCUT2D eigenvalue weighted by Gasteiger charge is 2.15. The molecule has 0 aliphatic heterocycles. The molecule has 0 spiro atoms. The lowest BCUT2D eigenvalue weighted by molar-refractivity contribution is 0.0954. The number of nitrogens with zero attached hydrogens (tertiary/aromatic N) is 2. The zero-order valence-electron chi connectivity index (χ0n) is 16.8. The second-order valence-electron chi connectivity index (χ2n) is 6.82. The second-order valence-corrected chi connectivity index (χ2v) is 6.82. The fraction of sp³-hybridized carbons (Fsp3) is 0.174. The van der Waals surface area contributed by atoms with Crippen LogP contribution in [0.5, 0.6) is 0 Å². The lowest BCUT2D eigenvalue weighted by atomic mass is 10.0. The Hall–Kier alpha value is -3.61. The number of rotatable bonds is 7. The van der Waals surface area contributed by atoms with Crippen molar-refractivity contribution in [2.75, 3.05) is 11.9 Å². The van der Waals surface area contributed by atoms with E-state index in [4.69, 9.17) is 0 Å². The lowest BCUT2D eigenvalue weighted by Gasteiger charge is -2.16. The number of pyridine rings is 2. The van der Waals surface area contributed by atoms with Crippen LogP contribution in [0.1, 0.15) is 36.2 Å². The normalized spacial score (nSPS) is 10.5. The average molecular weight is 408 g/mol. The maximum atomic E-state index is 14.3. The van der Waals surface area contributed by atoms with Gasteiger partial charge in [0.15, 0.2) is 0 Å². The number of benzene rings is 1. The summed E-state index contributed by atoms with van der Waals surface area (Å²) in [5.41, 5.74) is 3.17. The molecule has 0 radical (unpaired) electrons. The molecule has 2 heterocycles. The summed E-state index contributed by atoms with van der Waals surface area (Å²) < 4.78 is 27.9. The zero-order valence-corrected chi connectivity index (χ0v) is 16.8. The molecule has 0 saturated carbocycles. The number of allylic oxidation sites excluding steroid dienone is 1. The molecule has 30 heavy (non-hydrogen) atoms. The fourth-order valence-corrected chi connectivity index (χ4v) is 2.90. The summed E-state index contributed by atoms with van der Waals surface area (Å²) in [6.45, 7) is 8.27. The van der Waals surface area contributed by atoms with Gasteiger partial charge in [-0.3, -0.25) is 14.8 Å². The van der Waals surface area contributed by atoms with E-state index in [0.29, 0.717) is 29.0 Å². The van der Waals surface area contributed by atoms with E-state index in [0.717, 1.165) is 30.2 Å². The molecule has 2 aromatic heterocycles. The molecule has 3 aromatic rings. The standard InChI is InChI=1S/C23H22F2N4O/c1-4-8-27-23(30)18-12-26-9-7-20(18)29-22-11-21(28-13-17(22)14(2)3)16-10-15(24)5-6-19(16)25/h5-7,9-13H,2,4,8H2,1,3H3,(H,27,30)(H,26,28,29). The Morgan fingerprint density at radius 3 is 2.63 bits per heavy atom. The van der Waals surface area contributed by atoms with Crippen molar-refractivity contribution in [3.63, 3.8) is 0 Å². The van der Waals surface area contributed by atoms with E-state index in [2.05, 4.69) is 27.2 Å². The Balaban J connectivity index is 2.05. The highest BCUT2D eigenvalue weighted by atomic mass is 19.1. The van der Waals surface area contributed by atoms with Crippen molar-refractivity contribution >= 4 is 22.9 Å². The summed E-state index contributed by atoms with van der Waals surface area (Å²) in [6.07, 6.45) is 5.39. The SMILES string of the molecule is C=C(C)c1cnc(-c2cc(F)ccc2F)cc1Nc1ccncc1C(=O)NCCC. The Morgan fingerprint density at radius 2 is 1.90 bits per heavy atom. The molecular formula is C23H22F2N4O. The van der Waals surface area contributed by atoms with Crippen LogP contribution in [-0.4, -0.2) is 22.4 Å². The first-order chi connectivity index (χ1) is 14.4. The molecule has 0 atom stereocenters. The Labute approximate surface area is 173 Å². The minimum absolute atomic E-state index is 0.0435. The van der Waals surface area contributed by atoms with Gasteiger partial charge in [0.2, 0.25) is 0 Å². The number of halogens is 2. The third-order valence-electron chi connectivity index (χ3n) is 4.44. The summed E-state index contributed by atoms with van der Waals surface area (Å²) >= 11 is 0. The third-order valence-corrected chi connectivity index (χ3v) is 4.44. The monoisotopic (exact) mass is 408 g/mol. The lowest BCUT2D eigenvalue weighted by Crippen LogP contribution is -2.25. The molecule has 3 rings (SSSR count). The van der Waals surface area contributed by atoms with Gasteiger partial charge in [-0.1, -0.05) is 13.5 Å². The van der Waals surface area contributed by atoms with Crippen molar-refractivity contribution in [1.82, 2.24) is 15.3 Å². The van der Waals surface area contributed by atoms with Crippen LogP contribution in [0.15, 0.2) is 55.5 Å². The van der Waals surface area contributed by atoms with Gasteiger partial charge < -0.3 is 10.6 Å². The van der Waals surface area contributed by atoms with E-state index < -0.39 is 11.6 Å². The number of hydrogen-bond acceptors (Lipinski definition) is 4. The summed E-state index contributed by atoms with van der Waals surface area (Å²) in [4.78, 5) is 20.8. The zero-order chi connectivity index (χ0) is 21.7. The number of nitrogens with one attached hydrogen (secondary N) is 2. The van der Waals surface area contributed by atoms with Gasteiger partial charge in [-0.25, -0.2) is 8.78 Å². The molecule has 5 nitrogen and oxygen atoms in total. The molecule has 2 N–H and O–H groups in total. The van der Waals surface area contributed by atoms with Crippen LogP contribution in [0.4, 0.5) is 20.2 Å². The highest BCUT2D eigenvalue weighted by Crippen LogP contribution is 2.31. The number of carbonyl (C=O) groups excluding carboxylic acids is 1. The van der Waals surface area contributed by atoms with Crippen molar-refractivity contribution in [2.45, 2.75) is 20.3 Å². The summed E-state index contributed by atoms with van der Waals surface area (Å²) in [5, 5.41) is 6.03. The highest BCUT2D eigenvalue weighted by molar-refractivity contribution is 6.00. The van der Waals surface area contributed by atoms with Crippen LogP contribution in [0.3, 0.4) is 0 Å². The summed E-state index contributed by atoms with van der Waals surface area (Å²) in [6, 6.07) is 6.49. The molecular weight excluding hydrogens is 386 g/mol. The molecule has 7 heteroatoms. The van der Waals surface area contributed by atoms with Gasteiger partial charge in [0.1, 0.15) is 11.6 Å². The van der Waals surface area contributed by atoms with Gasteiger partial charge in [-0.05, 0) is 49.2 Å². The Morgan fingerprint density at radius 1 is 1.10 bits per heavy atom. The van der Waals surface area contributed by atoms with Gasteiger partial charge in [0.05, 0.1) is 16.9 Å². The van der Waals surface area contributed by atoms with Crippen LogP contribution in [0.2, 0.25) is 0 Å². The van der Waals surface area contributed by atoms with Gasteiger partial charge in [-0.15, -0.1) is 0 Å². The predicted octanol–water partition coefficient (Wildman–Crippen LogP) is 5.34. The minimum atomic E-state index is -0.582. The predicted molar refractivity (Wildman–Crippen MR) is 114 cm³/mol. The van der Waals surface area contributed by atoms with Crippen LogP contribution in [-0.2, 0) is 0 Å². The van der Waals surface area contributed by atoms with E-state index in [1.165, 1.54) is 6.20 Å². The number of hydrogen-bond donors (Lipinski definition) is 2. The number of carbonyl (C=O) groups is 1. The topological polar surface area (TPSA) is 66.9 Å².